The standard InChI is InChI=1S/2C6H14N2O2.2H3N/c2*7-4-2-1-3-5(8)6(9)10;;/h2*5H,1-4,7-8H2,(H,9,10);2*1H3/t2*5-;;/m00../s1. The van der Waals surface area contributed by atoms with Crippen LogP contribution in [-0.4, -0.2) is 37.1 Å². The highest BCUT2D eigenvalue weighted by Crippen LogP contribution is 1.96. The molecule has 0 aromatic rings. The SMILES string of the molecule is NCCCC[C@H](N)C(=O)[O-].NCCCC[C@H](N)C(=O)[O-].[NH4+].[NH4+]. The number of hydrogen-bond acceptors (Lipinski definition) is 8. The van der Waals surface area contributed by atoms with Crippen LogP contribution < -0.4 is 45.4 Å². The molecule has 0 unspecified atom stereocenters. The summed E-state index contributed by atoms with van der Waals surface area (Å²) in [6, 6.07) is -1.65. The van der Waals surface area contributed by atoms with Crippen molar-refractivity contribution in [3.8, 4) is 0 Å². The van der Waals surface area contributed by atoms with Gasteiger partial charge in [-0.1, -0.05) is 12.8 Å². The number of hydrogen-bond donors (Lipinski definition) is 6. The van der Waals surface area contributed by atoms with Gasteiger partial charge in [0.15, 0.2) is 0 Å². The normalized spacial score (nSPS) is 11.8. The van der Waals surface area contributed by atoms with E-state index in [2.05, 4.69) is 0 Å². The van der Waals surface area contributed by atoms with Crippen LogP contribution in [0.15, 0.2) is 0 Å². The van der Waals surface area contributed by atoms with Gasteiger partial charge >= 0.3 is 0 Å². The Kier molecular flexibility index (Phi) is 25.8. The van der Waals surface area contributed by atoms with Crippen LogP contribution in [0.25, 0.3) is 0 Å². The summed E-state index contributed by atoms with van der Waals surface area (Å²) in [6.07, 6.45) is 4.07. The van der Waals surface area contributed by atoms with E-state index in [1.54, 1.807) is 0 Å². The van der Waals surface area contributed by atoms with Gasteiger partial charge < -0.3 is 55.0 Å². The number of carbonyl (C=O) groups excluding carboxylic acids is 2. The molecule has 0 aliphatic rings. The molecule has 16 N–H and O–H groups in total. The smallest absolute Gasteiger partial charge is 0.0582 e. The van der Waals surface area contributed by atoms with E-state index in [4.69, 9.17) is 22.9 Å². The van der Waals surface area contributed by atoms with Crippen molar-refractivity contribution in [2.45, 2.75) is 50.6 Å². The summed E-state index contributed by atoms with van der Waals surface area (Å²) < 4.78 is 0. The van der Waals surface area contributed by atoms with Crippen molar-refractivity contribution >= 4 is 11.9 Å². The Morgan fingerprint density at radius 1 is 0.727 bits per heavy atom. The van der Waals surface area contributed by atoms with Crippen LogP contribution in [0.5, 0.6) is 0 Å². The van der Waals surface area contributed by atoms with Crippen molar-refractivity contribution in [2.75, 3.05) is 13.1 Å². The van der Waals surface area contributed by atoms with Crippen molar-refractivity contribution in [3.05, 3.63) is 0 Å². The topological polar surface area (TPSA) is 257 Å². The number of unbranched alkanes of at least 4 members (excludes halogenated alkanes) is 2. The molecule has 0 rings (SSSR count). The number of quaternary nitrogens is 2. The van der Waals surface area contributed by atoms with Gasteiger partial charge in [-0.25, -0.2) is 0 Å². The van der Waals surface area contributed by atoms with E-state index in [0.717, 1.165) is 25.7 Å². The van der Waals surface area contributed by atoms with Crippen molar-refractivity contribution in [1.82, 2.24) is 12.3 Å². The van der Waals surface area contributed by atoms with Crippen molar-refractivity contribution in [1.29, 1.82) is 0 Å². The predicted octanol–water partition coefficient (Wildman–Crippen LogP) is -2.86. The fourth-order valence-electron chi connectivity index (χ4n) is 1.25. The van der Waals surface area contributed by atoms with Gasteiger partial charge in [0.2, 0.25) is 0 Å². The number of nitrogens with two attached hydrogens (primary N) is 4. The lowest BCUT2D eigenvalue weighted by atomic mass is 10.1. The van der Waals surface area contributed by atoms with Crippen LogP contribution in [0.3, 0.4) is 0 Å². The van der Waals surface area contributed by atoms with Crippen LogP contribution in [0.2, 0.25) is 0 Å². The van der Waals surface area contributed by atoms with Gasteiger partial charge in [0, 0.05) is 12.1 Å². The quantitative estimate of drug-likeness (QED) is 0.227. The fraction of sp³-hybridized carbons (Fsp3) is 0.833. The molecule has 22 heavy (non-hydrogen) atoms. The summed E-state index contributed by atoms with van der Waals surface area (Å²) in [5, 5.41) is 20.1. The second-order valence-electron chi connectivity index (χ2n) is 4.42. The molecule has 0 bridgehead atoms. The van der Waals surface area contributed by atoms with E-state index in [1.807, 2.05) is 0 Å². The van der Waals surface area contributed by atoms with E-state index in [-0.39, 0.29) is 12.3 Å². The number of rotatable bonds is 10. The zero-order valence-electron chi connectivity index (χ0n) is 13.8. The molecular weight excluding hydrogens is 292 g/mol. The summed E-state index contributed by atoms with van der Waals surface area (Å²) in [4.78, 5) is 20.1. The largest absolute Gasteiger partial charge is 0.548 e. The van der Waals surface area contributed by atoms with Gasteiger partial charge in [-0.15, -0.1) is 0 Å². The molecule has 0 aromatic carbocycles. The summed E-state index contributed by atoms with van der Waals surface area (Å²) in [7, 11) is 0. The Balaban J connectivity index is -0.000000135. The van der Waals surface area contributed by atoms with Crippen LogP contribution >= 0.6 is 0 Å². The van der Waals surface area contributed by atoms with Crippen LogP contribution in [0.4, 0.5) is 0 Å². The van der Waals surface area contributed by atoms with E-state index < -0.39 is 24.0 Å². The first-order chi connectivity index (χ1) is 9.36. The molecular formula is C12H34N6O4. The molecule has 0 aliphatic heterocycles. The molecule has 2 atom stereocenters. The second-order valence-corrected chi connectivity index (χ2v) is 4.42. The summed E-state index contributed by atoms with van der Waals surface area (Å²) in [5.74, 6) is -2.37. The lowest BCUT2D eigenvalue weighted by Gasteiger charge is -2.10. The van der Waals surface area contributed by atoms with Crippen molar-refractivity contribution in [3.63, 3.8) is 0 Å². The molecule has 0 aromatic heterocycles. The Morgan fingerprint density at radius 3 is 1.18 bits per heavy atom. The summed E-state index contributed by atoms with van der Waals surface area (Å²) >= 11 is 0. The second kappa shape index (κ2) is 19.7. The molecule has 0 saturated heterocycles. The third-order valence-electron chi connectivity index (χ3n) is 2.54. The first-order valence-corrected chi connectivity index (χ1v) is 6.69. The molecule has 0 radical (unpaired) electrons. The third-order valence-corrected chi connectivity index (χ3v) is 2.54. The maximum Gasteiger partial charge on any atom is 0.0582 e. The molecule has 10 heteroatoms. The summed E-state index contributed by atoms with van der Waals surface area (Å²) in [6.45, 7) is 1.17. The zero-order valence-corrected chi connectivity index (χ0v) is 13.8. The number of carbonyl (C=O) groups is 2. The monoisotopic (exact) mass is 326 g/mol. The Morgan fingerprint density at radius 2 is 1.00 bits per heavy atom. The third kappa shape index (κ3) is 21.0. The molecule has 0 amide bonds. The molecule has 0 heterocycles. The van der Waals surface area contributed by atoms with Crippen molar-refractivity contribution in [2.24, 2.45) is 22.9 Å². The lowest BCUT2D eigenvalue weighted by Crippen LogP contribution is -2.41. The fourth-order valence-corrected chi connectivity index (χ4v) is 1.25. The van der Waals surface area contributed by atoms with Crippen LogP contribution in [0.1, 0.15) is 38.5 Å². The van der Waals surface area contributed by atoms with Gasteiger partial charge in [-0.05, 0) is 38.8 Å². The van der Waals surface area contributed by atoms with Crippen LogP contribution in [-0.2, 0) is 9.59 Å². The van der Waals surface area contributed by atoms with Gasteiger partial charge in [0.25, 0.3) is 0 Å². The molecule has 10 nitrogen and oxygen atoms in total. The van der Waals surface area contributed by atoms with Gasteiger partial charge in [0.1, 0.15) is 0 Å². The highest BCUT2D eigenvalue weighted by molar-refractivity contribution is 5.70. The number of carboxylic acid groups (broad SMARTS) is 2. The van der Waals surface area contributed by atoms with Gasteiger partial charge in [-0.2, -0.15) is 0 Å². The zero-order chi connectivity index (χ0) is 16.0. The molecule has 136 valence electrons. The minimum Gasteiger partial charge on any atom is -0.548 e. The van der Waals surface area contributed by atoms with E-state index >= 15 is 0 Å². The van der Waals surface area contributed by atoms with Gasteiger partial charge in [0.05, 0.1) is 11.9 Å². The predicted molar refractivity (Wildman–Crippen MR) is 83.7 cm³/mol. The highest BCUT2D eigenvalue weighted by atomic mass is 16.4. The highest BCUT2D eigenvalue weighted by Gasteiger charge is 2.01. The Hall–Kier alpha value is -1.30. The number of carboxylic acids is 2. The van der Waals surface area contributed by atoms with Gasteiger partial charge in [-0.3, -0.25) is 0 Å². The molecule has 0 fully saturated rings. The average Bonchev–Trinajstić information content (AvgIpc) is 2.39. The summed E-state index contributed by atoms with van der Waals surface area (Å²) in [5.41, 5.74) is 20.7. The minimum atomic E-state index is -1.18. The first kappa shape index (κ1) is 28.8. The Labute approximate surface area is 131 Å². The maximum atomic E-state index is 10.0. The number of aliphatic carboxylic acids is 2. The van der Waals surface area contributed by atoms with E-state index in [1.165, 1.54) is 0 Å². The molecule has 0 saturated carbocycles. The average molecular weight is 326 g/mol. The molecule has 0 aliphatic carbocycles. The lowest BCUT2D eigenvalue weighted by molar-refractivity contribution is -0.308. The van der Waals surface area contributed by atoms with E-state index in [0.29, 0.717) is 25.9 Å². The first-order valence-electron chi connectivity index (χ1n) is 6.69. The molecule has 0 spiro atoms. The van der Waals surface area contributed by atoms with Crippen LogP contribution in [0, 0.1) is 0 Å². The maximum absolute atomic E-state index is 10.0. The van der Waals surface area contributed by atoms with E-state index in [9.17, 15) is 19.8 Å². The minimum absolute atomic E-state index is 0. The Bertz CT molecular complexity index is 242. The van der Waals surface area contributed by atoms with Crippen molar-refractivity contribution < 1.29 is 19.8 Å².